The van der Waals surface area contributed by atoms with Gasteiger partial charge in [-0.1, -0.05) is 17.7 Å². The van der Waals surface area contributed by atoms with Crippen LogP contribution in [0.15, 0.2) is 60.7 Å². The molecule has 1 aliphatic heterocycles. The fourth-order valence-electron chi connectivity index (χ4n) is 3.17. The van der Waals surface area contributed by atoms with Crippen molar-refractivity contribution >= 4 is 40.6 Å². The molecule has 1 heterocycles. The van der Waals surface area contributed by atoms with E-state index >= 15 is 0 Å². The van der Waals surface area contributed by atoms with Crippen LogP contribution in [0, 0.1) is 11.2 Å². The Bertz CT molecular complexity index is 1240. The fraction of sp³-hybridized carbons (Fsp3) is 0.125. The van der Waals surface area contributed by atoms with Crippen molar-refractivity contribution in [3.63, 3.8) is 0 Å². The molecule has 1 fully saturated rings. The Balaban J connectivity index is 1.57. The molecule has 0 unspecified atom stereocenters. The first kappa shape index (κ1) is 22.3. The number of nitrogens with zero attached hydrogens (tertiary/aromatic N) is 1. The number of ether oxygens (including phenoxy) is 1. The minimum Gasteiger partial charge on any atom is -0.497 e. The Morgan fingerprint density at radius 3 is 2.30 bits per heavy atom. The van der Waals surface area contributed by atoms with Crippen molar-refractivity contribution in [3.8, 4) is 5.75 Å². The Kier molecular flexibility index (Phi) is 6.28. The van der Waals surface area contributed by atoms with Crippen molar-refractivity contribution in [1.82, 2.24) is 4.90 Å². The summed E-state index contributed by atoms with van der Waals surface area (Å²) in [6.45, 7) is 1.53. The quantitative estimate of drug-likeness (QED) is 0.280. The highest BCUT2D eigenvalue weighted by atomic mass is 35.5. The number of halogens is 2. The van der Waals surface area contributed by atoms with E-state index in [0.29, 0.717) is 22.0 Å². The molecule has 0 radical (unpaired) electrons. The highest BCUT2D eigenvalue weighted by Crippen LogP contribution is 2.25. The molecule has 3 aromatic rings. The number of hydrogen-bond donors (Lipinski definition) is 3. The number of benzene rings is 3. The van der Waals surface area contributed by atoms with Crippen LogP contribution in [0.3, 0.4) is 0 Å². The molecule has 0 spiro atoms. The summed E-state index contributed by atoms with van der Waals surface area (Å²) in [7, 11) is 1.46. The number of rotatable bonds is 6. The maximum absolute atomic E-state index is 14.7. The lowest BCUT2D eigenvalue weighted by Crippen LogP contribution is -2.19. The van der Waals surface area contributed by atoms with Gasteiger partial charge in [-0.25, -0.2) is 4.39 Å². The van der Waals surface area contributed by atoms with Gasteiger partial charge in [-0.3, -0.25) is 15.0 Å². The maximum atomic E-state index is 14.7. The zero-order valence-corrected chi connectivity index (χ0v) is 18.4. The summed E-state index contributed by atoms with van der Waals surface area (Å²) < 4.78 is 19.9. The van der Waals surface area contributed by atoms with Crippen LogP contribution in [0.5, 0.6) is 5.75 Å². The van der Waals surface area contributed by atoms with Crippen LogP contribution in [0.1, 0.15) is 26.3 Å². The number of nitrogens with one attached hydrogen (secondary N) is 3. The monoisotopic (exact) mass is 466 g/mol. The molecule has 0 aliphatic carbocycles. The van der Waals surface area contributed by atoms with Gasteiger partial charge in [0.25, 0.3) is 11.8 Å². The molecule has 168 valence electrons. The minimum atomic E-state index is -0.753. The summed E-state index contributed by atoms with van der Waals surface area (Å²) in [4.78, 5) is 27.5. The van der Waals surface area contributed by atoms with Gasteiger partial charge in [0.1, 0.15) is 17.4 Å². The van der Waals surface area contributed by atoms with E-state index in [1.807, 2.05) is 0 Å². The first-order valence-corrected chi connectivity index (χ1v) is 10.4. The summed E-state index contributed by atoms with van der Waals surface area (Å²) in [5.41, 5.74) is 1.04. The molecule has 3 aromatic carbocycles. The van der Waals surface area contributed by atoms with Gasteiger partial charge >= 0.3 is 0 Å². The van der Waals surface area contributed by atoms with Gasteiger partial charge in [-0.2, -0.15) is 0 Å². The topological polar surface area (TPSA) is 94.3 Å². The third kappa shape index (κ3) is 5.12. The van der Waals surface area contributed by atoms with E-state index in [1.165, 1.54) is 31.4 Å². The van der Waals surface area contributed by atoms with Crippen molar-refractivity contribution in [3.05, 3.63) is 88.2 Å². The van der Waals surface area contributed by atoms with E-state index in [2.05, 4.69) is 10.6 Å². The highest BCUT2D eigenvalue weighted by molar-refractivity contribution is 6.30. The van der Waals surface area contributed by atoms with Crippen molar-refractivity contribution in [2.24, 2.45) is 0 Å². The number of carbonyl (C=O) groups excluding carboxylic acids is 2. The standard InChI is InChI=1S/C24H20ClFN4O3/c1-33-17-7-9-21(19(13-17)24(32)28-16-5-3-15(25)4-6-16)29-23(31)18-8-2-14(12-20(18)26)22(27)30-10-11-30/h2-9,12-13,27H,10-11H2,1H3,(H,28,32)(H,29,31). The molecule has 4 rings (SSSR count). The van der Waals surface area contributed by atoms with Crippen molar-refractivity contribution in [1.29, 1.82) is 5.41 Å². The van der Waals surface area contributed by atoms with Crippen molar-refractivity contribution < 1.29 is 18.7 Å². The number of amides is 2. The zero-order chi connectivity index (χ0) is 23.5. The smallest absolute Gasteiger partial charge is 0.258 e. The second kappa shape index (κ2) is 9.30. The van der Waals surface area contributed by atoms with Crippen LogP contribution >= 0.6 is 11.6 Å². The molecule has 9 heteroatoms. The zero-order valence-electron chi connectivity index (χ0n) is 17.6. The van der Waals surface area contributed by atoms with E-state index < -0.39 is 17.6 Å². The van der Waals surface area contributed by atoms with Gasteiger partial charge in [0.15, 0.2) is 0 Å². The third-order valence-corrected chi connectivity index (χ3v) is 5.32. The lowest BCUT2D eigenvalue weighted by Gasteiger charge is -2.14. The molecule has 1 aliphatic rings. The second-order valence-corrected chi connectivity index (χ2v) is 7.79. The van der Waals surface area contributed by atoms with Gasteiger partial charge in [-0.15, -0.1) is 0 Å². The lowest BCUT2D eigenvalue weighted by atomic mass is 10.1. The van der Waals surface area contributed by atoms with Crippen molar-refractivity contribution in [2.75, 3.05) is 30.8 Å². The first-order chi connectivity index (χ1) is 15.9. The van der Waals surface area contributed by atoms with Gasteiger partial charge in [0, 0.05) is 29.4 Å². The van der Waals surface area contributed by atoms with Gasteiger partial charge < -0.3 is 20.3 Å². The Morgan fingerprint density at radius 2 is 1.67 bits per heavy atom. The molecule has 0 atom stereocenters. The number of carbonyl (C=O) groups is 2. The molecular formula is C24H20ClFN4O3. The maximum Gasteiger partial charge on any atom is 0.258 e. The third-order valence-electron chi connectivity index (χ3n) is 5.07. The van der Waals surface area contributed by atoms with Crippen LogP contribution < -0.4 is 15.4 Å². The fourth-order valence-corrected chi connectivity index (χ4v) is 3.30. The predicted molar refractivity (Wildman–Crippen MR) is 125 cm³/mol. The average molecular weight is 467 g/mol. The van der Waals surface area contributed by atoms with E-state index in [4.69, 9.17) is 21.7 Å². The predicted octanol–water partition coefficient (Wildman–Crippen LogP) is 4.63. The minimum absolute atomic E-state index is 0.137. The largest absolute Gasteiger partial charge is 0.497 e. The molecule has 2 amide bonds. The van der Waals surface area contributed by atoms with Crippen LogP contribution in [0.4, 0.5) is 15.8 Å². The van der Waals surface area contributed by atoms with Gasteiger partial charge in [0.2, 0.25) is 0 Å². The SMILES string of the molecule is COc1ccc(NC(=O)c2ccc(C(=N)N3CC3)cc2F)c(C(=O)Nc2ccc(Cl)cc2)c1. The van der Waals surface area contributed by atoms with Gasteiger partial charge in [0.05, 0.1) is 23.9 Å². The van der Waals surface area contributed by atoms with Crippen LogP contribution in [0.25, 0.3) is 0 Å². The van der Waals surface area contributed by atoms with E-state index in [1.54, 1.807) is 35.2 Å². The number of methoxy groups -OCH3 is 1. The first-order valence-electron chi connectivity index (χ1n) is 10.1. The normalized spacial score (nSPS) is 12.2. The number of amidine groups is 1. The molecule has 0 aromatic heterocycles. The van der Waals surface area contributed by atoms with E-state index in [9.17, 15) is 14.0 Å². The molecule has 33 heavy (non-hydrogen) atoms. The van der Waals surface area contributed by atoms with Gasteiger partial charge in [-0.05, 0) is 54.6 Å². The number of hydrogen-bond acceptors (Lipinski definition) is 4. The Morgan fingerprint density at radius 1 is 0.970 bits per heavy atom. The molecule has 1 saturated heterocycles. The summed E-state index contributed by atoms with van der Waals surface area (Å²) in [5, 5.41) is 13.9. The Labute approximate surface area is 194 Å². The highest BCUT2D eigenvalue weighted by Gasteiger charge is 2.24. The van der Waals surface area contributed by atoms with E-state index in [-0.39, 0.29) is 22.6 Å². The molecule has 0 saturated carbocycles. The molecule has 7 nitrogen and oxygen atoms in total. The summed E-state index contributed by atoms with van der Waals surface area (Å²) in [6, 6.07) is 15.2. The second-order valence-electron chi connectivity index (χ2n) is 7.36. The van der Waals surface area contributed by atoms with E-state index in [0.717, 1.165) is 19.2 Å². The molecule has 3 N–H and O–H groups in total. The van der Waals surface area contributed by atoms with Crippen molar-refractivity contribution in [2.45, 2.75) is 0 Å². The number of anilines is 2. The van der Waals surface area contributed by atoms with Crippen LogP contribution in [0.2, 0.25) is 5.02 Å². The molecular weight excluding hydrogens is 447 g/mol. The summed E-state index contributed by atoms with van der Waals surface area (Å²) in [6.07, 6.45) is 0. The Hall–Kier alpha value is -3.91. The average Bonchev–Trinajstić information content (AvgIpc) is 3.65. The van der Waals surface area contributed by atoms with Crippen LogP contribution in [-0.4, -0.2) is 42.7 Å². The summed E-state index contributed by atoms with van der Waals surface area (Å²) in [5.74, 6) is -1.33. The summed E-state index contributed by atoms with van der Waals surface area (Å²) >= 11 is 5.88. The lowest BCUT2D eigenvalue weighted by molar-refractivity contribution is 0.102. The molecule has 0 bridgehead atoms. The van der Waals surface area contributed by atoms with Crippen LogP contribution in [-0.2, 0) is 0 Å².